The Labute approximate surface area is 125 Å². The zero-order valence-corrected chi connectivity index (χ0v) is 12.4. The molecule has 21 heavy (non-hydrogen) atoms. The number of nitrogens with zero attached hydrogens (tertiary/aromatic N) is 2. The van der Waals surface area contributed by atoms with Crippen LogP contribution in [0.2, 0.25) is 0 Å². The summed E-state index contributed by atoms with van der Waals surface area (Å²) in [5, 5.41) is 8.49. The molecule has 3 nitrogen and oxygen atoms in total. The first kappa shape index (κ1) is 13.6. The molecule has 0 aromatic heterocycles. The van der Waals surface area contributed by atoms with Crippen molar-refractivity contribution in [3.05, 3.63) is 70.8 Å². The quantitative estimate of drug-likeness (QED) is 0.896. The maximum absolute atomic E-state index is 5.90. The van der Waals surface area contributed by atoms with Gasteiger partial charge in [-0.1, -0.05) is 42.5 Å². The van der Waals surface area contributed by atoms with Crippen LogP contribution in [0.4, 0.5) is 0 Å². The minimum atomic E-state index is 0.172. The van der Waals surface area contributed by atoms with Crippen LogP contribution in [0.1, 0.15) is 34.6 Å². The molecule has 2 aromatic carbocycles. The van der Waals surface area contributed by atoms with E-state index in [4.69, 9.17) is 5.73 Å². The van der Waals surface area contributed by atoms with Gasteiger partial charge >= 0.3 is 0 Å². The molecule has 1 heterocycles. The highest BCUT2D eigenvalue weighted by Crippen LogP contribution is 2.28. The Morgan fingerprint density at radius 3 is 2.43 bits per heavy atom. The number of hydrogen-bond donors (Lipinski definition) is 1. The first-order valence-corrected chi connectivity index (χ1v) is 7.17. The lowest BCUT2D eigenvalue weighted by Crippen LogP contribution is -2.25. The molecule has 0 bridgehead atoms. The van der Waals surface area contributed by atoms with E-state index in [1.54, 1.807) is 0 Å². The molecule has 1 atom stereocenters. The second-order valence-corrected chi connectivity index (χ2v) is 5.54. The predicted octanol–water partition coefficient (Wildman–Crippen LogP) is 3.55. The van der Waals surface area contributed by atoms with Crippen LogP contribution in [-0.2, 0) is 0 Å². The van der Waals surface area contributed by atoms with Crippen molar-refractivity contribution in [2.75, 3.05) is 0 Å². The molecule has 2 N–H and O–H groups in total. The standard InChI is InChI=1S/C18H19N3/c1-12-8-9-15(10-13(12)2)18-16(11-17(19)20-21-18)14-6-4-3-5-7-14/h3-10,16H,11H2,1-2H3,(H2,19,20). The third kappa shape index (κ3) is 2.72. The Morgan fingerprint density at radius 2 is 1.71 bits per heavy atom. The van der Waals surface area contributed by atoms with E-state index in [9.17, 15) is 0 Å². The van der Waals surface area contributed by atoms with E-state index in [-0.39, 0.29) is 5.92 Å². The molecule has 0 saturated heterocycles. The average molecular weight is 277 g/mol. The van der Waals surface area contributed by atoms with Crippen molar-refractivity contribution < 1.29 is 0 Å². The summed E-state index contributed by atoms with van der Waals surface area (Å²) in [5.41, 5.74) is 11.8. The molecule has 0 aliphatic carbocycles. The fourth-order valence-electron chi connectivity index (χ4n) is 2.66. The molecular weight excluding hydrogens is 258 g/mol. The highest BCUT2D eigenvalue weighted by atomic mass is 15.2. The molecule has 2 aromatic rings. The lowest BCUT2D eigenvalue weighted by Gasteiger charge is -2.22. The Hall–Kier alpha value is -2.42. The third-order valence-corrected chi connectivity index (χ3v) is 4.03. The van der Waals surface area contributed by atoms with E-state index in [1.807, 2.05) is 6.07 Å². The minimum Gasteiger partial charge on any atom is -0.386 e. The normalized spacial score (nSPS) is 18.1. The fourth-order valence-corrected chi connectivity index (χ4v) is 2.66. The molecule has 106 valence electrons. The van der Waals surface area contributed by atoms with Crippen LogP contribution in [0.15, 0.2) is 58.7 Å². The number of hydrogen-bond acceptors (Lipinski definition) is 3. The molecule has 3 heteroatoms. The van der Waals surface area contributed by atoms with Gasteiger partial charge in [-0.2, -0.15) is 5.10 Å². The maximum atomic E-state index is 5.90. The van der Waals surface area contributed by atoms with Gasteiger partial charge in [0, 0.05) is 12.3 Å². The van der Waals surface area contributed by atoms with E-state index in [2.05, 4.69) is 66.5 Å². The van der Waals surface area contributed by atoms with Crippen LogP contribution >= 0.6 is 0 Å². The Bertz CT molecular complexity index is 714. The summed E-state index contributed by atoms with van der Waals surface area (Å²) >= 11 is 0. The van der Waals surface area contributed by atoms with Gasteiger partial charge in [0.05, 0.1) is 5.71 Å². The van der Waals surface area contributed by atoms with Crippen LogP contribution in [0.3, 0.4) is 0 Å². The Morgan fingerprint density at radius 1 is 0.952 bits per heavy atom. The molecule has 0 radical (unpaired) electrons. The summed E-state index contributed by atoms with van der Waals surface area (Å²) in [6.45, 7) is 4.24. The third-order valence-electron chi connectivity index (χ3n) is 4.03. The van der Waals surface area contributed by atoms with Gasteiger partial charge in [-0.3, -0.25) is 0 Å². The van der Waals surface area contributed by atoms with Crippen molar-refractivity contribution in [3.8, 4) is 0 Å². The van der Waals surface area contributed by atoms with E-state index in [0.29, 0.717) is 5.84 Å². The van der Waals surface area contributed by atoms with Crippen molar-refractivity contribution in [2.24, 2.45) is 15.9 Å². The summed E-state index contributed by atoms with van der Waals surface area (Å²) in [6.07, 6.45) is 0.718. The summed E-state index contributed by atoms with van der Waals surface area (Å²) in [4.78, 5) is 0. The van der Waals surface area contributed by atoms with Crippen LogP contribution in [-0.4, -0.2) is 11.5 Å². The Balaban J connectivity index is 2.06. The summed E-state index contributed by atoms with van der Waals surface area (Å²) in [7, 11) is 0. The minimum absolute atomic E-state index is 0.172. The van der Waals surface area contributed by atoms with E-state index in [0.717, 1.165) is 17.7 Å². The van der Waals surface area contributed by atoms with Crippen molar-refractivity contribution in [1.82, 2.24) is 0 Å². The van der Waals surface area contributed by atoms with Gasteiger partial charge < -0.3 is 5.73 Å². The highest BCUT2D eigenvalue weighted by Gasteiger charge is 2.24. The summed E-state index contributed by atoms with van der Waals surface area (Å²) in [5.74, 6) is 0.766. The van der Waals surface area contributed by atoms with Gasteiger partial charge in [-0.05, 0) is 42.2 Å². The predicted molar refractivity (Wildman–Crippen MR) is 87.9 cm³/mol. The van der Waals surface area contributed by atoms with Crippen molar-refractivity contribution >= 4 is 11.5 Å². The number of aryl methyl sites for hydroxylation is 2. The lowest BCUT2D eigenvalue weighted by molar-refractivity contribution is 0.886. The second kappa shape index (κ2) is 5.52. The fraction of sp³-hybridized carbons (Fsp3) is 0.222. The lowest BCUT2D eigenvalue weighted by atomic mass is 9.85. The van der Waals surface area contributed by atoms with Gasteiger partial charge in [-0.25, -0.2) is 0 Å². The van der Waals surface area contributed by atoms with Crippen molar-refractivity contribution in [3.63, 3.8) is 0 Å². The molecule has 0 amide bonds. The van der Waals surface area contributed by atoms with Gasteiger partial charge in [0.1, 0.15) is 5.84 Å². The highest BCUT2D eigenvalue weighted by molar-refractivity contribution is 6.08. The molecule has 1 aliphatic rings. The average Bonchev–Trinajstić information content (AvgIpc) is 2.51. The van der Waals surface area contributed by atoms with Crippen LogP contribution < -0.4 is 5.73 Å². The number of nitrogens with two attached hydrogens (primary N) is 1. The van der Waals surface area contributed by atoms with E-state index < -0.39 is 0 Å². The van der Waals surface area contributed by atoms with Crippen LogP contribution in [0.5, 0.6) is 0 Å². The first-order valence-electron chi connectivity index (χ1n) is 7.17. The van der Waals surface area contributed by atoms with Gasteiger partial charge in [0.15, 0.2) is 0 Å². The summed E-state index contributed by atoms with van der Waals surface area (Å²) < 4.78 is 0. The van der Waals surface area contributed by atoms with E-state index >= 15 is 0 Å². The molecule has 3 rings (SSSR count). The van der Waals surface area contributed by atoms with Gasteiger partial charge in [0.25, 0.3) is 0 Å². The van der Waals surface area contributed by atoms with Crippen LogP contribution in [0, 0.1) is 13.8 Å². The largest absolute Gasteiger partial charge is 0.386 e. The smallest absolute Gasteiger partial charge is 0.123 e. The maximum Gasteiger partial charge on any atom is 0.123 e. The van der Waals surface area contributed by atoms with Gasteiger partial charge in [0.2, 0.25) is 0 Å². The second-order valence-electron chi connectivity index (χ2n) is 5.54. The first-order chi connectivity index (χ1) is 10.1. The van der Waals surface area contributed by atoms with Crippen molar-refractivity contribution in [1.29, 1.82) is 0 Å². The van der Waals surface area contributed by atoms with E-state index in [1.165, 1.54) is 16.7 Å². The van der Waals surface area contributed by atoms with Crippen LogP contribution in [0.25, 0.3) is 0 Å². The molecule has 0 spiro atoms. The zero-order valence-electron chi connectivity index (χ0n) is 12.4. The number of amidine groups is 1. The SMILES string of the molecule is Cc1ccc(C2=NN=C(N)CC2c2ccccc2)cc1C. The Kier molecular flexibility index (Phi) is 3.57. The molecular formula is C18H19N3. The molecule has 1 aliphatic heterocycles. The molecule has 1 unspecified atom stereocenters. The monoisotopic (exact) mass is 277 g/mol. The molecule has 0 saturated carbocycles. The number of benzene rings is 2. The molecule has 0 fully saturated rings. The topological polar surface area (TPSA) is 50.7 Å². The number of rotatable bonds is 2. The zero-order chi connectivity index (χ0) is 14.8. The summed E-state index contributed by atoms with van der Waals surface area (Å²) in [6, 6.07) is 16.8. The van der Waals surface area contributed by atoms with Crippen molar-refractivity contribution in [2.45, 2.75) is 26.2 Å². The van der Waals surface area contributed by atoms with Gasteiger partial charge in [-0.15, -0.1) is 5.10 Å².